The average molecular weight is 445 g/mol. The fraction of sp³-hybridized carbons (Fsp3) is 0.259. The average Bonchev–Trinajstić information content (AvgIpc) is 3.33. The molecule has 0 radical (unpaired) electrons. The predicted molar refractivity (Wildman–Crippen MR) is 126 cm³/mol. The summed E-state index contributed by atoms with van der Waals surface area (Å²) in [6, 6.07) is 24.6. The van der Waals surface area contributed by atoms with Crippen LogP contribution in [0, 0.1) is 5.92 Å². The fourth-order valence-electron chi connectivity index (χ4n) is 4.35. The molecule has 1 saturated heterocycles. The van der Waals surface area contributed by atoms with Gasteiger partial charge in [-0.1, -0.05) is 54.6 Å². The lowest BCUT2D eigenvalue weighted by Crippen LogP contribution is -2.35. The number of methoxy groups -OCH3 is 2. The Morgan fingerprint density at radius 1 is 0.909 bits per heavy atom. The molecule has 0 bridgehead atoms. The van der Waals surface area contributed by atoms with Crippen molar-refractivity contribution in [2.75, 3.05) is 27.3 Å². The first-order chi connectivity index (χ1) is 16.1. The van der Waals surface area contributed by atoms with Crippen LogP contribution in [0.15, 0.2) is 78.9 Å². The molecule has 0 saturated carbocycles. The smallest absolute Gasteiger partial charge is 0.253 e. The molecule has 0 aromatic heterocycles. The van der Waals surface area contributed by atoms with Crippen LogP contribution in [-0.4, -0.2) is 44.0 Å². The van der Waals surface area contributed by atoms with Gasteiger partial charge in [0.2, 0.25) is 5.91 Å². The van der Waals surface area contributed by atoms with Crippen LogP contribution < -0.4 is 14.8 Å². The third kappa shape index (κ3) is 5.00. The molecule has 0 aliphatic carbocycles. The molecule has 1 aliphatic rings. The van der Waals surface area contributed by atoms with Gasteiger partial charge in [0.1, 0.15) is 11.5 Å². The maximum atomic E-state index is 13.3. The van der Waals surface area contributed by atoms with E-state index in [2.05, 4.69) is 5.32 Å². The second kappa shape index (κ2) is 10.2. The summed E-state index contributed by atoms with van der Waals surface area (Å²) in [7, 11) is 3.20. The number of ether oxygens (including phenoxy) is 2. The highest BCUT2D eigenvalue weighted by Gasteiger charge is 2.41. The van der Waals surface area contributed by atoms with Crippen LogP contribution in [0.5, 0.6) is 11.5 Å². The van der Waals surface area contributed by atoms with Gasteiger partial charge < -0.3 is 19.7 Å². The third-order valence-electron chi connectivity index (χ3n) is 6.11. The van der Waals surface area contributed by atoms with Gasteiger partial charge in [0.15, 0.2) is 0 Å². The molecule has 3 aromatic rings. The Labute approximate surface area is 194 Å². The molecule has 33 heavy (non-hydrogen) atoms. The highest BCUT2D eigenvalue weighted by atomic mass is 16.5. The van der Waals surface area contributed by atoms with Crippen LogP contribution in [0.25, 0.3) is 0 Å². The van der Waals surface area contributed by atoms with Crippen LogP contribution >= 0.6 is 0 Å². The number of carbonyl (C=O) groups excluding carboxylic acids is 2. The van der Waals surface area contributed by atoms with Crippen LogP contribution in [0.4, 0.5) is 0 Å². The summed E-state index contributed by atoms with van der Waals surface area (Å²) in [6.07, 6.45) is 0. The molecule has 3 aromatic carbocycles. The Bertz CT molecular complexity index is 1100. The van der Waals surface area contributed by atoms with Crippen molar-refractivity contribution in [3.8, 4) is 11.5 Å². The van der Waals surface area contributed by atoms with Crippen LogP contribution in [-0.2, 0) is 11.3 Å². The lowest BCUT2D eigenvalue weighted by atomic mass is 9.87. The summed E-state index contributed by atoms with van der Waals surface area (Å²) in [5, 5.41) is 3.06. The van der Waals surface area contributed by atoms with E-state index < -0.39 is 5.92 Å². The summed E-state index contributed by atoms with van der Waals surface area (Å²) in [5.41, 5.74) is 2.53. The largest absolute Gasteiger partial charge is 0.497 e. The van der Waals surface area contributed by atoms with Crippen LogP contribution in [0.3, 0.4) is 0 Å². The summed E-state index contributed by atoms with van der Waals surface area (Å²) in [4.78, 5) is 28.2. The molecule has 6 nitrogen and oxygen atoms in total. The normalized spacial score (nSPS) is 17.5. The fourth-order valence-corrected chi connectivity index (χ4v) is 4.35. The second-order valence-electron chi connectivity index (χ2n) is 8.10. The van der Waals surface area contributed by atoms with Gasteiger partial charge in [-0.15, -0.1) is 0 Å². The number of hydrogen-bond donors (Lipinski definition) is 1. The Balaban J connectivity index is 1.61. The number of nitrogens with zero attached hydrogens (tertiary/aromatic N) is 1. The topological polar surface area (TPSA) is 67.9 Å². The molecule has 1 heterocycles. The summed E-state index contributed by atoms with van der Waals surface area (Å²) in [6.45, 7) is 1.21. The third-order valence-corrected chi connectivity index (χ3v) is 6.11. The molecular formula is C27H28N2O4. The van der Waals surface area contributed by atoms with Gasteiger partial charge in [-0.25, -0.2) is 0 Å². The highest BCUT2D eigenvalue weighted by molar-refractivity contribution is 5.95. The number of nitrogens with one attached hydrogen (secondary N) is 1. The van der Waals surface area contributed by atoms with Gasteiger partial charge in [0, 0.05) is 42.7 Å². The molecule has 2 amide bonds. The SMILES string of the molecule is COc1ccc([C@@H]2CN(C(=O)c3ccccc3)C[C@@H]2C(=O)NCc2ccccc2)c(OC)c1. The first-order valence-electron chi connectivity index (χ1n) is 11.0. The van der Waals surface area contributed by atoms with Crippen molar-refractivity contribution in [1.29, 1.82) is 0 Å². The lowest BCUT2D eigenvalue weighted by Gasteiger charge is -2.21. The Kier molecular flexibility index (Phi) is 6.93. The summed E-state index contributed by atoms with van der Waals surface area (Å²) in [5.74, 6) is 0.569. The number of carbonyl (C=O) groups is 2. The standard InChI is InChI=1S/C27H28N2O4/c1-32-21-13-14-22(25(15-21)33-2)23-17-29(27(31)20-11-7-4-8-12-20)18-24(23)26(30)28-16-19-9-5-3-6-10-19/h3-15,23-24H,16-18H2,1-2H3,(H,28,30)/t23-,24-/m0/s1. The number of likely N-dealkylation sites (tertiary alicyclic amines) is 1. The summed E-state index contributed by atoms with van der Waals surface area (Å²) >= 11 is 0. The van der Waals surface area contributed by atoms with Gasteiger partial charge in [-0.2, -0.15) is 0 Å². The maximum absolute atomic E-state index is 13.3. The van der Waals surface area contributed by atoms with E-state index in [4.69, 9.17) is 9.47 Å². The first-order valence-corrected chi connectivity index (χ1v) is 11.0. The van der Waals surface area contributed by atoms with Crippen molar-refractivity contribution >= 4 is 11.8 Å². The molecule has 1 aliphatic heterocycles. The van der Waals surface area contributed by atoms with Gasteiger partial charge >= 0.3 is 0 Å². The van der Waals surface area contributed by atoms with E-state index in [1.165, 1.54) is 0 Å². The van der Waals surface area contributed by atoms with E-state index in [1.807, 2.05) is 66.7 Å². The van der Waals surface area contributed by atoms with Crippen molar-refractivity contribution in [2.45, 2.75) is 12.5 Å². The predicted octanol–water partition coefficient (Wildman–Crippen LogP) is 3.88. The van der Waals surface area contributed by atoms with Crippen molar-refractivity contribution in [2.24, 2.45) is 5.92 Å². The van der Waals surface area contributed by atoms with E-state index in [0.29, 0.717) is 36.7 Å². The molecular weight excluding hydrogens is 416 g/mol. The zero-order chi connectivity index (χ0) is 23.2. The molecule has 1 fully saturated rings. The molecule has 1 N–H and O–H groups in total. The highest BCUT2D eigenvalue weighted by Crippen LogP contribution is 2.39. The van der Waals surface area contributed by atoms with Gasteiger partial charge in [-0.05, 0) is 23.8 Å². The minimum absolute atomic E-state index is 0.0774. The van der Waals surface area contributed by atoms with E-state index >= 15 is 0 Å². The van der Waals surface area contributed by atoms with Gasteiger partial charge in [0.05, 0.1) is 20.1 Å². The minimum Gasteiger partial charge on any atom is -0.497 e. The van der Waals surface area contributed by atoms with E-state index in [-0.39, 0.29) is 17.7 Å². The zero-order valence-corrected chi connectivity index (χ0v) is 18.9. The zero-order valence-electron chi connectivity index (χ0n) is 18.9. The van der Waals surface area contributed by atoms with Crippen LogP contribution in [0.1, 0.15) is 27.4 Å². The van der Waals surface area contributed by atoms with Gasteiger partial charge in [0.25, 0.3) is 5.91 Å². The Morgan fingerprint density at radius 2 is 1.61 bits per heavy atom. The molecule has 6 heteroatoms. The molecule has 170 valence electrons. The quantitative estimate of drug-likeness (QED) is 0.601. The number of amides is 2. The Morgan fingerprint density at radius 3 is 2.27 bits per heavy atom. The number of hydrogen-bond acceptors (Lipinski definition) is 4. The molecule has 4 rings (SSSR count). The second-order valence-corrected chi connectivity index (χ2v) is 8.10. The molecule has 0 spiro atoms. The monoisotopic (exact) mass is 444 g/mol. The summed E-state index contributed by atoms with van der Waals surface area (Å²) < 4.78 is 11.0. The lowest BCUT2D eigenvalue weighted by molar-refractivity contribution is -0.125. The van der Waals surface area contributed by atoms with Gasteiger partial charge in [-0.3, -0.25) is 9.59 Å². The van der Waals surface area contributed by atoms with Crippen molar-refractivity contribution in [3.63, 3.8) is 0 Å². The van der Waals surface area contributed by atoms with E-state index in [9.17, 15) is 9.59 Å². The number of benzene rings is 3. The number of rotatable bonds is 7. The van der Waals surface area contributed by atoms with Crippen LogP contribution in [0.2, 0.25) is 0 Å². The first kappa shape index (κ1) is 22.4. The minimum atomic E-state index is -0.399. The van der Waals surface area contributed by atoms with Crippen molar-refractivity contribution in [1.82, 2.24) is 10.2 Å². The molecule has 2 atom stereocenters. The Hall–Kier alpha value is -3.80. The van der Waals surface area contributed by atoms with E-state index in [1.54, 1.807) is 31.3 Å². The van der Waals surface area contributed by atoms with Crippen molar-refractivity contribution < 1.29 is 19.1 Å². The maximum Gasteiger partial charge on any atom is 0.253 e. The van der Waals surface area contributed by atoms with Crippen molar-refractivity contribution in [3.05, 3.63) is 95.6 Å². The van der Waals surface area contributed by atoms with E-state index in [0.717, 1.165) is 11.1 Å². The molecule has 0 unspecified atom stereocenters.